The molecule has 0 fully saturated rings. The molecule has 0 bridgehead atoms. The number of anilines is 1. The molecule has 3 heterocycles. The Hall–Kier alpha value is -3.38. The second kappa shape index (κ2) is 11.2. The Kier molecular flexibility index (Phi) is 7.92. The second-order valence-corrected chi connectivity index (χ2v) is 13.2. The van der Waals surface area contributed by atoms with E-state index >= 15 is 0 Å². The summed E-state index contributed by atoms with van der Waals surface area (Å²) in [4.78, 5) is 14.9. The summed E-state index contributed by atoms with van der Waals surface area (Å²) in [7, 11) is -3.75. The highest BCUT2D eigenvalue weighted by atomic mass is 35.5. The van der Waals surface area contributed by atoms with Crippen molar-refractivity contribution in [2.24, 2.45) is 0 Å². The van der Waals surface area contributed by atoms with Crippen LogP contribution in [0.3, 0.4) is 0 Å². The lowest BCUT2D eigenvalue weighted by Gasteiger charge is -2.33. The molecule has 2 aromatic carbocycles. The van der Waals surface area contributed by atoms with Crippen LogP contribution in [0.5, 0.6) is 0 Å². The van der Waals surface area contributed by atoms with Crippen molar-refractivity contribution in [2.75, 3.05) is 18.4 Å². The molecule has 0 spiro atoms. The normalized spacial score (nSPS) is 12.3. The topological polar surface area (TPSA) is 92.5 Å². The van der Waals surface area contributed by atoms with Crippen molar-refractivity contribution in [3.8, 4) is 22.6 Å². The third-order valence-electron chi connectivity index (χ3n) is 6.22. The molecule has 1 N–H and O–H groups in total. The van der Waals surface area contributed by atoms with Crippen LogP contribution in [-0.2, 0) is 10.0 Å². The number of thiazole rings is 1. The highest BCUT2D eigenvalue weighted by Gasteiger charge is 2.31. The maximum absolute atomic E-state index is 13.6. The number of nitrogens with zero attached hydrogens (tertiary/aromatic N) is 5. The van der Waals surface area contributed by atoms with Crippen LogP contribution in [-0.4, -0.2) is 50.7 Å². The van der Waals surface area contributed by atoms with E-state index in [2.05, 4.69) is 10.3 Å². The minimum absolute atomic E-state index is 0.182. The van der Waals surface area contributed by atoms with Gasteiger partial charge in [0.05, 0.1) is 16.3 Å². The van der Waals surface area contributed by atoms with E-state index in [4.69, 9.17) is 21.6 Å². The number of sulfonamides is 1. The van der Waals surface area contributed by atoms with Crippen LogP contribution >= 0.6 is 22.9 Å². The number of nitrogens with one attached hydrogen (secondary N) is 1. The van der Waals surface area contributed by atoms with Crippen LogP contribution in [0.1, 0.15) is 27.2 Å². The third kappa shape index (κ3) is 5.87. The standard InChI is InChI=1S/C28H28ClFN6O2S2/c1-4-15-35(40(37,38)22-11-7-20(29)8-12-22)18-28(2,3)34-26-31-14-13-23(32-26)25-24(19-5-9-21(30)10-6-19)33-27-36(25)16-17-39-27/h5-14,16-17H,4,15,18H2,1-3H3,(H,31,32,34). The summed E-state index contributed by atoms with van der Waals surface area (Å²) in [5, 5.41) is 5.74. The number of hydrogen-bond donors (Lipinski definition) is 1. The van der Waals surface area contributed by atoms with Crippen molar-refractivity contribution in [1.82, 2.24) is 23.7 Å². The highest BCUT2D eigenvalue weighted by Crippen LogP contribution is 2.34. The Morgan fingerprint density at radius 1 is 1.07 bits per heavy atom. The first-order valence-electron chi connectivity index (χ1n) is 12.7. The summed E-state index contributed by atoms with van der Waals surface area (Å²) >= 11 is 7.46. The molecule has 12 heteroatoms. The van der Waals surface area contributed by atoms with Gasteiger partial charge in [0.1, 0.15) is 11.5 Å². The van der Waals surface area contributed by atoms with E-state index in [9.17, 15) is 12.8 Å². The predicted molar refractivity (Wildman–Crippen MR) is 158 cm³/mol. The number of imidazole rings is 1. The van der Waals surface area contributed by atoms with Gasteiger partial charge in [0.15, 0.2) is 4.96 Å². The van der Waals surface area contributed by atoms with Crippen molar-refractivity contribution >= 4 is 43.9 Å². The molecule has 5 aromatic rings. The lowest BCUT2D eigenvalue weighted by molar-refractivity contribution is 0.348. The van der Waals surface area contributed by atoms with E-state index in [1.807, 2.05) is 36.7 Å². The van der Waals surface area contributed by atoms with Gasteiger partial charge >= 0.3 is 0 Å². The van der Waals surface area contributed by atoms with Crippen molar-refractivity contribution in [3.05, 3.63) is 83.2 Å². The largest absolute Gasteiger partial charge is 0.348 e. The zero-order valence-corrected chi connectivity index (χ0v) is 24.6. The molecule has 40 heavy (non-hydrogen) atoms. The van der Waals surface area contributed by atoms with Gasteiger partial charge in [0.2, 0.25) is 16.0 Å². The fourth-order valence-corrected chi connectivity index (χ4v) is 7.00. The van der Waals surface area contributed by atoms with Crippen molar-refractivity contribution in [2.45, 2.75) is 37.6 Å². The minimum atomic E-state index is -3.75. The summed E-state index contributed by atoms with van der Waals surface area (Å²) in [6.07, 6.45) is 4.22. The zero-order valence-electron chi connectivity index (χ0n) is 22.2. The molecule has 0 aliphatic heterocycles. The molecule has 3 aromatic heterocycles. The van der Waals surface area contributed by atoms with Crippen LogP contribution in [0, 0.1) is 5.82 Å². The monoisotopic (exact) mass is 598 g/mol. The van der Waals surface area contributed by atoms with Gasteiger partial charge in [0, 0.05) is 47.0 Å². The Morgan fingerprint density at radius 3 is 2.50 bits per heavy atom. The zero-order chi connectivity index (χ0) is 28.5. The SMILES string of the molecule is CCCN(CC(C)(C)Nc1nccc(-c2c(-c3ccc(F)cc3)nc3sccn23)n1)S(=O)(=O)c1ccc(Cl)cc1. The summed E-state index contributed by atoms with van der Waals surface area (Å²) in [5.41, 5.74) is 2.10. The van der Waals surface area contributed by atoms with Gasteiger partial charge in [-0.3, -0.25) is 4.40 Å². The Morgan fingerprint density at radius 2 is 1.80 bits per heavy atom. The summed E-state index contributed by atoms with van der Waals surface area (Å²) in [6, 6.07) is 14.2. The van der Waals surface area contributed by atoms with Crippen molar-refractivity contribution in [1.29, 1.82) is 0 Å². The van der Waals surface area contributed by atoms with Crippen LogP contribution in [0.15, 0.2) is 77.3 Å². The summed E-state index contributed by atoms with van der Waals surface area (Å²) in [6.45, 7) is 6.28. The summed E-state index contributed by atoms with van der Waals surface area (Å²) < 4.78 is 43.9. The number of rotatable bonds is 10. The van der Waals surface area contributed by atoms with E-state index in [-0.39, 0.29) is 17.3 Å². The molecule has 0 unspecified atom stereocenters. The molecular formula is C28H28ClFN6O2S2. The maximum atomic E-state index is 13.6. The molecule has 0 saturated heterocycles. The molecule has 5 rings (SSSR count). The smallest absolute Gasteiger partial charge is 0.243 e. The molecule has 0 radical (unpaired) electrons. The molecule has 0 aliphatic rings. The number of benzene rings is 2. The van der Waals surface area contributed by atoms with E-state index in [1.165, 1.54) is 39.9 Å². The van der Waals surface area contributed by atoms with Crippen molar-refractivity contribution < 1.29 is 12.8 Å². The van der Waals surface area contributed by atoms with Gasteiger partial charge in [-0.25, -0.2) is 27.8 Å². The number of halogens is 2. The summed E-state index contributed by atoms with van der Waals surface area (Å²) in [5.74, 6) is 0.0235. The van der Waals surface area contributed by atoms with Crippen LogP contribution in [0.4, 0.5) is 10.3 Å². The van der Waals surface area contributed by atoms with Gasteiger partial charge in [0.25, 0.3) is 0 Å². The molecular weight excluding hydrogens is 571 g/mol. The fraction of sp³-hybridized carbons (Fsp3) is 0.250. The first kappa shape index (κ1) is 28.2. The molecule has 208 valence electrons. The van der Waals surface area contributed by atoms with Gasteiger partial charge in [-0.2, -0.15) is 4.31 Å². The average Bonchev–Trinajstić information content (AvgIpc) is 3.50. The van der Waals surface area contributed by atoms with Gasteiger partial charge in [-0.05, 0) is 74.9 Å². The molecule has 0 aliphatic carbocycles. The Balaban J connectivity index is 1.45. The van der Waals surface area contributed by atoms with E-state index in [1.54, 1.807) is 36.5 Å². The minimum Gasteiger partial charge on any atom is -0.348 e. The lowest BCUT2D eigenvalue weighted by Crippen LogP contribution is -2.47. The number of hydrogen-bond acceptors (Lipinski definition) is 7. The third-order valence-corrected chi connectivity index (χ3v) is 9.09. The van der Waals surface area contributed by atoms with Crippen LogP contribution < -0.4 is 5.32 Å². The van der Waals surface area contributed by atoms with Gasteiger partial charge in [-0.1, -0.05) is 18.5 Å². The second-order valence-electron chi connectivity index (χ2n) is 9.94. The van der Waals surface area contributed by atoms with E-state index in [0.717, 1.165) is 16.2 Å². The predicted octanol–water partition coefficient (Wildman–Crippen LogP) is 6.60. The average molecular weight is 599 g/mol. The molecule has 0 amide bonds. The Bertz CT molecular complexity index is 1740. The van der Waals surface area contributed by atoms with E-state index in [0.29, 0.717) is 35.3 Å². The number of aromatic nitrogens is 4. The van der Waals surface area contributed by atoms with Gasteiger partial charge in [-0.15, -0.1) is 11.3 Å². The first-order valence-corrected chi connectivity index (χ1v) is 15.4. The quantitative estimate of drug-likeness (QED) is 0.195. The van der Waals surface area contributed by atoms with Crippen LogP contribution in [0.2, 0.25) is 5.02 Å². The molecule has 0 saturated carbocycles. The Labute approximate surface area is 241 Å². The van der Waals surface area contributed by atoms with Gasteiger partial charge < -0.3 is 5.32 Å². The molecule has 0 atom stereocenters. The fourth-order valence-electron chi connectivity index (χ4n) is 4.46. The highest BCUT2D eigenvalue weighted by molar-refractivity contribution is 7.89. The lowest BCUT2D eigenvalue weighted by atomic mass is 10.1. The number of fused-ring (bicyclic) bond motifs is 1. The van der Waals surface area contributed by atoms with Crippen LogP contribution in [0.25, 0.3) is 27.6 Å². The van der Waals surface area contributed by atoms with Crippen molar-refractivity contribution in [3.63, 3.8) is 0 Å². The van der Waals surface area contributed by atoms with E-state index < -0.39 is 15.6 Å². The maximum Gasteiger partial charge on any atom is 0.243 e. The first-order chi connectivity index (χ1) is 19.1. The molecule has 8 nitrogen and oxygen atoms in total.